The fourth-order valence-electron chi connectivity index (χ4n) is 3.74. The van der Waals surface area contributed by atoms with Gasteiger partial charge in [-0.05, 0) is 26.0 Å². The molecule has 0 bridgehead atoms. The van der Waals surface area contributed by atoms with E-state index in [1.54, 1.807) is 21.0 Å². The van der Waals surface area contributed by atoms with Crippen LogP contribution in [-0.4, -0.2) is 66.5 Å². The van der Waals surface area contributed by atoms with E-state index in [2.05, 4.69) is 15.1 Å². The van der Waals surface area contributed by atoms with Crippen molar-refractivity contribution in [2.24, 2.45) is 10.4 Å². The standard InChI is InChI=1S/C21H25FN4O3S/c1-21(2,20(27)28)12-25-6-8-26(9-7-25)18-17-14(22)11-30-19(17)24-16-10-13(29-3)4-5-15(16)23-18/h4-5,10-11,24H,6-9,12H2,1-3H3,(H,27,28). The number of benzene rings is 1. The van der Waals surface area contributed by atoms with Crippen LogP contribution in [0.25, 0.3) is 0 Å². The number of ether oxygens (including phenoxy) is 1. The molecule has 0 radical (unpaired) electrons. The van der Waals surface area contributed by atoms with Gasteiger partial charge in [0.05, 0.1) is 29.5 Å². The van der Waals surface area contributed by atoms with Gasteiger partial charge in [-0.15, -0.1) is 11.3 Å². The monoisotopic (exact) mass is 432 g/mol. The number of carboxylic acid groups (broad SMARTS) is 1. The summed E-state index contributed by atoms with van der Waals surface area (Å²) < 4.78 is 20.0. The van der Waals surface area contributed by atoms with E-state index in [9.17, 15) is 14.3 Å². The van der Waals surface area contributed by atoms with Crippen LogP contribution in [0.3, 0.4) is 0 Å². The average Bonchev–Trinajstić information content (AvgIpc) is 2.98. The minimum Gasteiger partial charge on any atom is -0.497 e. The molecule has 2 aliphatic rings. The predicted octanol–water partition coefficient (Wildman–Crippen LogP) is 3.76. The van der Waals surface area contributed by atoms with E-state index < -0.39 is 11.4 Å². The fraction of sp³-hybridized carbons (Fsp3) is 0.429. The summed E-state index contributed by atoms with van der Waals surface area (Å²) in [5.41, 5.74) is 1.17. The van der Waals surface area contributed by atoms with Crippen LogP contribution in [0, 0.1) is 11.2 Å². The number of carbonyl (C=O) groups is 1. The lowest BCUT2D eigenvalue weighted by atomic mass is 9.93. The molecule has 2 aromatic rings. The smallest absolute Gasteiger partial charge is 0.310 e. The third-order valence-electron chi connectivity index (χ3n) is 5.52. The molecule has 0 atom stereocenters. The Bertz CT molecular complexity index is 996. The number of fused-ring (bicyclic) bond motifs is 2. The summed E-state index contributed by atoms with van der Waals surface area (Å²) >= 11 is 1.31. The minimum atomic E-state index is -0.809. The summed E-state index contributed by atoms with van der Waals surface area (Å²) in [7, 11) is 1.61. The lowest BCUT2D eigenvalue weighted by molar-refractivity contribution is -0.148. The molecule has 3 heterocycles. The van der Waals surface area contributed by atoms with Crippen molar-refractivity contribution < 1.29 is 19.0 Å². The van der Waals surface area contributed by atoms with E-state index >= 15 is 0 Å². The first-order valence-electron chi connectivity index (χ1n) is 9.80. The van der Waals surface area contributed by atoms with Gasteiger partial charge >= 0.3 is 5.97 Å². The third kappa shape index (κ3) is 3.87. The van der Waals surface area contributed by atoms with Crippen LogP contribution in [0.4, 0.5) is 20.8 Å². The SMILES string of the molecule is COc1ccc2c(c1)Nc1scc(F)c1C(N1CCN(CC(C)(C)C(=O)O)CC1)=N2. The highest BCUT2D eigenvalue weighted by Gasteiger charge is 2.33. The van der Waals surface area contributed by atoms with Gasteiger partial charge in [0.1, 0.15) is 22.4 Å². The van der Waals surface area contributed by atoms with Gasteiger partial charge in [0, 0.05) is 44.2 Å². The maximum Gasteiger partial charge on any atom is 0.310 e. The van der Waals surface area contributed by atoms with E-state index in [0.717, 1.165) is 11.4 Å². The lowest BCUT2D eigenvalue weighted by Crippen LogP contribution is -2.52. The molecule has 1 aromatic heterocycles. The number of hydrogen-bond donors (Lipinski definition) is 2. The second kappa shape index (κ2) is 7.88. The molecule has 0 unspecified atom stereocenters. The molecule has 30 heavy (non-hydrogen) atoms. The van der Waals surface area contributed by atoms with Crippen LogP contribution in [0.2, 0.25) is 0 Å². The fourth-order valence-corrected chi connectivity index (χ4v) is 4.56. The van der Waals surface area contributed by atoms with Crippen LogP contribution in [0.1, 0.15) is 19.4 Å². The number of nitrogens with zero attached hydrogens (tertiary/aromatic N) is 3. The average molecular weight is 433 g/mol. The zero-order valence-electron chi connectivity index (χ0n) is 17.2. The molecule has 0 amide bonds. The van der Waals surface area contributed by atoms with Crippen molar-refractivity contribution in [3.63, 3.8) is 0 Å². The van der Waals surface area contributed by atoms with E-state index in [-0.39, 0.29) is 5.82 Å². The van der Waals surface area contributed by atoms with Gasteiger partial charge in [-0.2, -0.15) is 0 Å². The molecule has 0 aliphatic carbocycles. The quantitative estimate of drug-likeness (QED) is 0.766. The number of aliphatic carboxylic acids is 1. The Kier molecular flexibility index (Phi) is 5.42. The minimum absolute atomic E-state index is 0.296. The van der Waals surface area contributed by atoms with Crippen LogP contribution in [0.15, 0.2) is 28.6 Å². The summed E-state index contributed by atoms with van der Waals surface area (Å²) in [5, 5.41) is 14.9. The first kappa shape index (κ1) is 20.6. The normalized spacial score (nSPS) is 16.8. The van der Waals surface area contributed by atoms with E-state index in [0.29, 0.717) is 54.9 Å². The summed E-state index contributed by atoms with van der Waals surface area (Å²) in [4.78, 5) is 20.5. The number of rotatable bonds is 4. The molecule has 4 rings (SSSR count). The third-order valence-corrected chi connectivity index (χ3v) is 6.38. The first-order chi connectivity index (χ1) is 14.3. The van der Waals surface area contributed by atoms with E-state index in [1.807, 2.05) is 18.2 Å². The van der Waals surface area contributed by atoms with Gasteiger partial charge in [-0.3, -0.25) is 9.69 Å². The van der Waals surface area contributed by atoms with Crippen molar-refractivity contribution in [3.8, 4) is 5.75 Å². The molecule has 160 valence electrons. The molecule has 7 nitrogen and oxygen atoms in total. The number of carboxylic acids is 1. The largest absolute Gasteiger partial charge is 0.497 e. The Hall–Kier alpha value is -2.65. The number of piperazine rings is 1. The van der Waals surface area contributed by atoms with Gasteiger partial charge in [-0.1, -0.05) is 0 Å². The second-order valence-electron chi connectivity index (χ2n) is 8.18. The Morgan fingerprint density at radius 1 is 1.33 bits per heavy atom. The zero-order valence-corrected chi connectivity index (χ0v) is 18.1. The number of methoxy groups -OCH3 is 1. The summed E-state index contributed by atoms with van der Waals surface area (Å²) in [6.07, 6.45) is 0. The van der Waals surface area contributed by atoms with Crippen LogP contribution in [0.5, 0.6) is 5.75 Å². The number of anilines is 2. The van der Waals surface area contributed by atoms with Crippen molar-refractivity contribution in [2.45, 2.75) is 13.8 Å². The van der Waals surface area contributed by atoms with E-state index in [4.69, 9.17) is 9.73 Å². The molecule has 9 heteroatoms. The Morgan fingerprint density at radius 2 is 2.07 bits per heavy atom. The molecular weight excluding hydrogens is 407 g/mol. The molecule has 1 saturated heterocycles. The maximum absolute atomic E-state index is 14.7. The Morgan fingerprint density at radius 3 is 2.73 bits per heavy atom. The van der Waals surface area contributed by atoms with Crippen molar-refractivity contribution in [2.75, 3.05) is 45.2 Å². The topological polar surface area (TPSA) is 77.4 Å². The summed E-state index contributed by atoms with van der Waals surface area (Å²) in [6, 6.07) is 5.56. The molecule has 1 aromatic carbocycles. The first-order valence-corrected chi connectivity index (χ1v) is 10.7. The van der Waals surface area contributed by atoms with Crippen molar-refractivity contribution in [1.82, 2.24) is 9.80 Å². The number of aliphatic imine (C=N–C) groups is 1. The summed E-state index contributed by atoms with van der Waals surface area (Å²) in [5.74, 6) is 0.210. The Labute approximate surface area is 178 Å². The molecule has 1 fully saturated rings. The van der Waals surface area contributed by atoms with Crippen LogP contribution < -0.4 is 10.1 Å². The number of nitrogens with one attached hydrogen (secondary N) is 1. The zero-order chi connectivity index (χ0) is 21.5. The second-order valence-corrected chi connectivity index (χ2v) is 9.06. The molecule has 0 spiro atoms. The van der Waals surface area contributed by atoms with Gasteiger partial charge in [-0.25, -0.2) is 9.38 Å². The number of amidine groups is 1. The molecular formula is C21H25FN4O3S. The Balaban J connectivity index is 1.60. The van der Waals surface area contributed by atoms with Crippen molar-refractivity contribution >= 4 is 39.5 Å². The van der Waals surface area contributed by atoms with Crippen molar-refractivity contribution in [3.05, 3.63) is 35.0 Å². The predicted molar refractivity (Wildman–Crippen MR) is 116 cm³/mol. The van der Waals surface area contributed by atoms with Gasteiger partial charge < -0.3 is 20.1 Å². The molecule has 0 saturated carbocycles. The lowest BCUT2D eigenvalue weighted by Gasteiger charge is -2.38. The highest BCUT2D eigenvalue weighted by molar-refractivity contribution is 7.14. The van der Waals surface area contributed by atoms with Gasteiger partial charge in [0.25, 0.3) is 0 Å². The maximum atomic E-state index is 14.7. The summed E-state index contributed by atoms with van der Waals surface area (Å²) in [6.45, 7) is 6.63. The van der Waals surface area contributed by atoms with Crippen molar-refractivity contribution in [1.29, 1.82) is 0 Å². The molecule has 2 aliphatic heterocycles. The number of thiophene rings is 1. The van der Waals surface area contributed by atoms with Crippen LogP contribution in [-0.2, 0) is 4.79 Å². The number of hydrogen-bond acceptors (Lipinski definition) is 7. The number of halogens is 1. The van der Waals surface area contributed by atoms with Crippen LogP contribution >= 0.6 is 11.3 Å². The molecule has 2 N–H and O–H groups in total. The van der Waals surface area contributed by atoms with Gasteiger partial charge in [0.2, 0.25) is 0 Å². The van der Waals surface area contributed by atoms with E-state index in [1.165, 1.54) is 16.7 Å². The van der Waals surface area contributed by atoms with Gasteiger partial charge in [0.15, 0.2) is 0 Å². The highest BCUT2D eigenvalue weighted by Crippen LogP contribution is 2.40. The highest BCUT2D eigenvalue weighted by atomic mass is 32.1.